The number of nitrogens with two attached hydrogens (primary N) is 1. The Bertz CT molecular complexity index is 1170. The van der Waals surface area contributed by atoms with Gasteiger partial charge in [-0.2, -0.15) is 0 Å². The van der Waals surface area contributed by atoms with E-state index in [9.17, 15) is 14.4 Å². The van der Waals surface area contributed by atoms with Crippen LogP contribution < -0.4 is 20.7 Å². The minimum absolute atomic E-state index is 0.166. The summed E-state index contributed by atoms with van der Waals surface area (Å²) in [6.45, 7) is 7.93. The largest absolute Gasteiger partial charge is 0.497 e. The number of thioether (sulfide) groups is 1. The summed E-state index contributed by atoms with van der Waals surface area (Å²) in [7, 11) is 1.55. The third-order valence-electron chi connectivity index (χ3n) is 5.39. The van der Waals surface area contributed by atoms with Gasteiger partial charge in [-0.3, -0.25) is 19.8 Å². The molecule has 1 heterocycles. The number of methoxy groups -OCH3 is 1. The Morgan fingerprint density at radius 3 is 2.37 bits per heavy atom. The van der Waals surface area contributed by atoms with Crippen molar-refractivity contribution in [2.24, 2.45) is 16.6 Å². The van der Waals surface area contributed by atoms with Crippen molar-refractivity contribution in [2.45, 2.75) is 38.9 Å². The number of aliphatic imine (C=N–C) groups is 1. The summed E-state index contributed by atoms with van der Waals surface area (Å²) in [5.74, 6) is -0.0606. The van der Waals surface area contributed by atoms with Crippen molar-refractivity contribution in [3.8, 4) is 5.75 Å². The van der Waals surface area contributed by atoms with Crippen molar-refractivity contribution in [2.75, 3.05) is 12.0 Å². The lowest BCUT2D eigenvalue weighted by atomic mass is 10.0. The average molecular weight is 495 g/mol. The van der Waals surface area contributed by atoms with E-state index in [1.165, 1.54) is 10.5 Å². The van der Waals surface area contributed by atoms with Crippen LogP contribution in [0.1, 0.15) is 44.7 Å². The zero-order valence-corrected chi connectivity index (χ0v) is 21.3. The maximum absolute atomic E-state index is 13.5. The zero-order valence-electron chi connectivity index (χ0n) is 20.4. The molecular formula is C26H30N4O4S. The first-order valence-corrected chi connectivity index (χ1v) is 12.1. The van der Waals surface area contributed by atoms with Gasteiger partial charge in [0.25, 0.3) is 5.91 Å². The van der Waals surface area contributed by atoms with E-state index < -0.39 is 17.2 Å². The number of urea groups is 1. The monoisotopic (exact) mass is 494 g/mol. The Morgan fingerprint density at radius 2 is 1.80 bits per heavy atom. The molecule has 2 aromatic rings. The van der Waals surface area contributed by atoms with Crippen LogP contribution in [0.4, 0.5) is 10.5 Å². The molecule has 9 heteroatoms. The third kappa shape index (κ3) is 6.30. The van der Waals surface area contributed by atoms with E-state index in [2.05, 4.69) is 24.2 Å². The van der Waals surface area contributed by atoms with Crippen LogP contribution in [0.2, 0.25) is 0 Å². The number of nitrogens with zero attached hydrogens (tertiary/aromatic N) is 2. The summed E-state index contributed by atoms with van der Waals surface area (Å²) >= 11 is 1.10. The minimum Gasteiger partial charge on any atom is -0.497 e. The maximum atomic E-state index is 13.5. The molecular weight excluding hydrogens is 464 g/mol. The molecule has 184 valence electrons. The molecule has 0 bridgehead atoms. The number of imide groups is 1. The van der Waals surface area contributed by atoms with E-state index in [1.54, 1.807) is 37.5 Å². The molecule has 0 fully saturated rings. The summed E-state index contributed by atoms with van der Waals surface area (Å²) < 4.78 is 5.32. The van der Waals surface area contributed by atoms with E-state index in [0.717, 1.165) is 17.3 Å². The second-order valence-corrected chi connectivity index (χ2v) is 9.83. The number of carbonyl (C=O) groups excluding carboxylic acids is 3. The Labute approximate surface area is 209 Å². The molecule has 4 amide bonds. The molecule has 1 atom stereocenters. The Morgan fingerprint density at radius 1 is 1.11 bits per heavy atom. The van der Waals surface area contributed by atoms with Gasteiger partial charge in [0.2, 0.25) is 5.91 Å². The Kier molecular flexibility index (Phi) is 8.34. The fraction of sp³-hybridized carbons (Fsp3) is 0.308. The lowest BCUT2D eigenvalue weighted by molar-refractivity contribution is -0.120. The van der Waals surface area contributed by atoms with Crippen LogP contribution in [0.5, 0.6) is 5.75 Å². The van der Waals surface area contributed by atoms with Crippen molar-refractivity contribution in [3.05, 3.63) is 65.4 Å². The second kappa shape index (κ2) is 11.2. The number of carbonyl (C=O) groups is 3. The van der Waals surface area contributed by atoms with Crippen LogP contribution in [-0.4, -0.2) is 35.4 Å². The van der Waals surface area contributed by atoms with Gasteiger partial charge in [-0.25, -0.2) is 9.79 Å². The van der Waals surface area contributed by atoms with Crippen LogP contribution in [0.25, 0.3) is 6.08 Å². The topological polar surface area (TPSA) is 114 Å². The van der Waals surface area contributed by atoms with E-state index in [1.807, 2.05) is 38.1 Å². The molecule has 1 aliphatic rings. The highest BCUT2D eigenvalue weighted by Gasteiger charge is 2.36. The average Bonchev–Trinajstić information content (AvgIpc) is 3.11. The van der Waals surface area contributed by atoms with Gasteiger partial charge in [0.05, 0.1) is 18.0 Å². The molecule has 0 radical (unpaired) electrons. The van der Waals surface area contributed by atoms with E-state index in [4.69, 9.17) is 10.5 Å². The van der Waals surface area contributed by atoms with Crippen LogP contribution in [0.15, 0.2) is 59.2 Å². The van der Waals surface area contributed by atoms with Gasteiger partial charge in [-0.1, -0.05) is 69.8 Å². The minimum atomic E-state index is -0.930. The van der Waals surface area contributed by atoms with Gasteiger partial charge in [0, 0.05) is 6.07 Å². The number of hydrogen-bond acceptors (Lipinski definition) is 6. The molecule has 0 saturated carbocycles. The molecule has 0 aliphatic carbocycles. The summed E-state index contributed by atoms with van der Waals surface area (Å²) in [6, 6.07) is 14.1. The Balaban J connectivity index is 2.02. The van der Waals surface area contributed by atoms with Gasteiger partial charge in [0.15, 0.2) is 5.17 Å². The highest BCUT2D eigenvalue weighted by molar-refractivity contribution is 8.15. The standard InChI is InChI=1S/C26H30N4O4S/c1-15(2)18-11-9-17(10-12-18)13-21-24(32)30(19-7-6-8-20(14-19)34-5)26(28-21)35-22(16(3)4)23(31)29-25(27)33/h6-16,22H,1-5H3,(H3,27,29,31,33). The fourth-order valence-corrected chi connectivity index (χ4v) is 4.60. The predicted molar refractivity (Wildman–Crippen MR) is 140 cm³/mol. The maximum Gasteiger partial charge on any atom is 0.318 e. The first kappa shape index (κ1) is 26.0. The summed E-state index contributed by atoms with van der Waals surface area (Å²) in [5.41, 5.74) is 7.98. The van der Waals surface area contributed by atoms with Crippen LogP contribution >= 0.6 is 11.8 Å². The summed E-state index contributed by atoms with van der Waals surface area (Å²) in [4.78, 5) is 43.5. The van der Waals surface area contributed by atoms with Gasteiger partial charge < -0.3 is 10.5 Å². The highest BCUT2D eigenvalue weighted by Crippen LogP contribution is 2.34. The molecule has 3 N–H and O–H groups in total. The molecule has 8 nitrogen and oxygen atoms in total. The van der Waals surface area contributed by atoms with Crippen LogP contribution in [-0.2, 0) is 9.59 Å². The number of nitrogens with one attached hydrogen (secondary N) is 1. The lowest BCUT2D eigenvalue weighted by Crippen LogP contribution is -2.43. The van der Waals surface area contributed by atoms with E-state index in [0.29, 0.717) is 22.5 Å². The third-order valence-corrected chi connectivity index (χ3v) is 6.89. The number of amides is 4. The van der Waals surface area contributed by atoms with E-state index >= 15 is 0 Å². The smallest absolute Gasteiger partial charge is 0.318 e. The van der Waals surface area contributed by atoms with Crippen LogP contribution in [0, 0.1) is 5.92 Å². The number of ether oxygens (including phenoxy) is 1. The number of rotatable bonds is 7. The quantitative estimate of drug-likeness (QED) is 0.550. The number of amidine groups is 1. The van der Waals surface area contributed by atoms with Crippen molar-refractivity contribution >= 4 is 46.5 Å². The Hall–Kier alpha value is -3.59. The summed E-state index contributed by atoms with van der Waals surface area (Å²) in [6.07, 6.45) is 1.72. The highest BCUT2D eigenvalue weighted by atomic mass is 32.2. The number of anilines is 1. The molecule has 0 saturated heterocycles. The molecule has 2 aromatic carbocycles. The molecule has 0 spiro atoms. The van der Waals surface area contributed by atoms with Crippen molar-refractivity contribution in [1.82, 2.24) is 5.32 Å². The van der Waals surface area contributed by atoms with Gasteiger partial charge >= 0.3 is 6.03 Å². The van der Waals surface area contributed by atoms with Gasteiger partial charge in [-0.05, 0) is 41.2 Å². The lowest BCUT2D eigenvalue weighted by Gasteiger charge is -2.23. The van der Waals surface area contributed by atoms with Crippen molar-refractivity contribution in [3.63, 3.8) is 0 Å². The normalized spacial score (nSPS) is 15.5. The number of hydrogen-bond donors (Lipinski definition) is 2. The molecule has 35 heavy (non-hydrogen) atoms. The van der Waals surface area contributed by atoms with Gasteiger partial charge in [0.1, 0.15) is 11.4 Å². The molecule has 0 aromatic heterocycles. The second-order valence-electron chi connectivity index (χ2n) is 8.72. The first-order valence-electron chi connectivity index (χ1n) is 11.3. The number of benzene rings is 2. The fourth-order valence-electron chi connectivity index (χ4n) is 3.49. The van der Waals surface area contributed by atoms with Crippen molar-refractivity contribution in [1.29, 1.82) is 0 Å². The number of primary amides is 1. The van der Waals surface area contributed by atoms with Crippen molar-refractivity contribution < 1.29 is 19.1 Å². The van der Waals surface area contributed by atoms with E-state index in [-0.39, 0.29) is 17.5 Å². The molecule has 1 aliphatic heterocycles. The first-order chi connectivity index (χ1) is 16.6. The molecule has 3 rings (SSSR count). The zero-order chi connectivity index (χ0) is 25.7. The molecule has 1 unspecified atom stereocenters. The SMILES string of the molecule is COc1cccc(N2C(=O)C(=Cc3ccc(C(C)C)cc3)N=C2SC(C(=O)NC(N)=O)C(C)C)c1. The summed E-state index contributed by atoms with van der Waals surface area (Å²) in [5, 5.41) is 1.76. The predicted octanol–water partition coefficient (Wildman–Crippen LogP) is 4.52. The van der Waals surface area contributed by atoms with Gasteiger partial charge in [-0.15, -0.1) is 0 Å². The van der Waals surface area contributed by atoms with Crippen LogP contribution in [0.3, 0.4) is 0 Å².